The zero-order chi connectivity index (χ0) is 10.9. The predicted molar refractivity (Wildman–Crippen MR) is 60.5 cm³/mol. The van der Waals surface area contributed by atoms with Gasteiger partial charge in [0.2, 0.25) is 5.75 Å². The highest BCUT2D eigenvalue weighted by atomic mass is 79.9. The lowest BCUT2D eigenvalue weighted by Gasteiger charge is -2.06. The summed E-state index contributed by atoms with van der Waals surface area (Å²) in [5.74, 6) is 0.128. The number of nitro groups is 1. The Bertz CT molecular complexity index is 396. The van der Waals surface area contributed by atoms with E-state index in [0.717, 1.165) is 0 Å². The molecule has 0 aliphatic heterocycles. The Labute approximate surface area is 104 Å². The Kier molecular flexibility index (Phi) is 3.85. The molecule has 0 spiro atoms. The average molecular weight is 391 g/mol. The Hall–Kier alpha value is -0.210. The van der Waals surface area contributed by atoms with E-state index >= 15 is 0 Å². The molecule has 76 valence electrons. The van der Waals surface area contributed by atoms with Gasteiger partial charge in [-0.15, -0.1) is 0 Å². The molecule has 1 rings (SSSR count). The second-order valence-electron chi connectivity index (χ2n) is 2.15. The summed E-state index contributed by atoms with van der Waals surface area (Å²) >= 11 is 9.25. The van der Waals surface area contributed by atoms with Gasteiger partial charge in [0.05, 0.1) is 16.5 Å². The van der Waals surface area contributed by atoms with E-state index in [1.165, 1.54) is 7.11 Å². The number of pyridine rings is 1. The summed E-state index contributed by atoms with van der Waals surface area (Å²) in [5, 5.41) is 10.7. The van der Waals surface area contributed by atoms with Crippen LogP contribution in [0.3, 0.4) is 0 Å². The van der Waals surface area contributed by atoms with Crippen LogP contribution < -0.4 is 4.74 Å². The quantitative estimate of drug-likeness (QED) is 0.441. The molecule has 0 amide bonds. The molecule has 8 heteroatoms. The van der Waals surface area contributed by atoms with Crippen molar-refractivity contribution in [2.24, 2.45) is 0 Å². The molecule has 0 bridgehead atoms. The normalized spacial score (nSPS) is 10.0. The summed E-state index contributed by atoms with van der Waals surface area (Å²) in [6, 6.07) is 0. The van der Waals surface area contributed by atoms with Crippen LogP contribution in [0.4, 0.5) is 5.69 Å². The maximum Gasteiger partial charge on any atom is 0.344 e. The van der Waals surface area contributed by atoms with Gasteiger partial charge < -0.3 is 4.74 Å². The lowest BCUT2D eigenvalue weighted by molar-refractivity contribution is -0.387. The van der Waals surface area contributed by atoms with E-state index in [1.807, 2.05) is 0 Å². The number of ether oxygens (including phenoxy) is 1. The summed E-state index contributed by atoms with van der Waals surface area (Å²) in [7, 11) is 1.35. The zero-order valence-electron chi connectivity index (χ0n) is 6.75. The molecule has 14 heavy (non-hydrogen) atoms. The molecule has 0 radical (unpaired) electrons. The number of hydrogen-bond donors (Lipinski definition) is 0. The van der Waals surface area contributed by atoms with Crippen molar-refractivity contribution in [2.45, 2.75) is 0 Å². The minimum Gasteiger partial charge on any atom is -0.489 e. The fourth-order valence-corrected chi connectivity index (χ4v) is 2.36. The van der Waals surface area contributed by atoms with Gasteiger partial charge in [-0.3, -0.25) is 10.1 Å². The van der Waals surface area contributed by atoms with Crippen LogP contribution in [-0.2, 0) is 0 Å². The Balaban J connectivity index is 3.55. The van der Waals surface area contributed by atoms with Crippen LogP contribution in [0.5, 0.6) is 5.75 Å². The van der Waals surface area contributed by atoms with E-state index in [-0.39, 0.29) is 16.0 Å². The smallest absolute Gasteiger partial charge is 0.344 e. The fourth-order valence-electron chi connectivity index (χ4n) is 0.824. The minimum atomic E-state index is -0.562. The van der Waals surface area contributed by atoms with E-state index in [0.29, 0.717) is 9.08 Å². The summed E-state index contributed by atoms with van der Waals surface area (Å²) in [6.07, 6.45) is 0. The lowest BCUT2D eigenvalue weighted by Crippen LogP contribution is -1.98. The molecular formula is C6H3Br3N2O3. The molecule has 0 atom stereocenters. The van der Waals surface area contributed by atoms with Gasteiger partial charge in [0.15, 0.2) is 4.60 Å². The Morgan fingerprint density at radius 2 is 1.93 bits per heavy atom. The van der Waals surface area contributed by atoms with Crippen molar-refractivity contribution in [3.63, 3.8) is 0 Å². The van der Waals surface area contributed by atoms with Crippen LogP contribution in [0.2, 0.25) is 0 Å². The molecule has 1 aromatic heterocycles. The number of halogens is 3. The summed E-state index contributed by atoms with van der Waals surface area (Å²) in [6.45, 7) is 0. The van der Waals surface area contributed by atoms with Crippen molar-refractivity contribution >= 4 is 53.5 Å². The second kappa shape index (κ2) is 4.54. The number of hydrogen-bond acceptors (Lipinski definition) is 4. The first-order valence-corrected chi connectivity index (χ1v) is 5.59. The number of rotatable bonds is 2. The lowest BCUT2D eigenvalue weighted by atomic mass is 10.4. The largest absolute Gasteiger partial charge is 0.489 e. The SMILES string of the molecule is COc1c(Br)c(Br)nc(Br)c1[N+](=O)[O-]. The number of nitrogens with zero attached hydrogens (tertiary/aromatic N) is 2. The van der Waals surface area contributed by atoms with Crippen molar-refractivity contribution in [1.82, 2.24) is 4.98 Å². The first-order valence-electron chi connectivity index (χ1n) is 3.22. The highest BCUT2D eigenvalue weighted by molar-refractivity contribution is 9.13. The van der Waals surface area contributed by atoms with E-state index in [2.05, 4.69) is 52.8 Å². The van der Waals surface area contributed by atoms with E-state index < -0.39 is 4.92 Å². The predicted octanol–water partition coefficient (Wildman–Crippen LogP) is 3.29. The molecule has 1 heterocycles. The monoisotopic (exact) mass is 388 g/mol. The third-order valence-corrected chi connectivity index (χ3v) is 3.77. The first kappa shape index (κ1) is 11.9. The van der Waals surface area contributed by atoms with Crippen LogP contribution in [0.15, 0.2) is 13.7 Å². The molecule has 0 aliphatic carbocycles. The van der Waals surface area contributed by atoms with Gasteiger partial charge in [-0.05, 0) is 47.8 Å². The van der Waals surface area contributed by atoms with Gasteiger partial charge in [-0.25, -0.2) is 4.98 Å². The van der Waals surface area contributed by atoms with Crippen LogP contribution in [0, 0.1) is 10.1 Å². The van der Waals surface area contributed by atoms with Gasteiger partial charge in [0, 0.05) is 0 Å². The first-order chi connectivity index (χ1) is 6.49. The molecule has 5 nitrogen and oxygen atoms in total. The molecule has 0 aliphatic rings. The van der Waals surface area contributed by atoms with Gasteiger partial charge in [0.25, 0.3) is 0 Å². The highest BCUT2D eigenvalue weighted by Crippen LogP contribution is 2.42. The number of methoxy groups -OCH3 is 1. The van der Waals surface area contributed by atoms with Crippen molar-refractivity contribution in [3.05, 3.63) is 23.8 Å². The van der Waals surface area contributed by atoms with Crippen molar-refractivity contribution in [3.8, 4) is 5.75 Å². The molecule has 0 fully saturated rings. The topological polar surface area (TPSA) is 65.3 Å². The van der Waals surface area contributed by atoms with E-state index in [1.54, 1.807) is 0 Å². The van der Waals surface area contributed by atoms with Gasteiger partial charge in [-0.2, -0.15) is 0 Å². The molecule has 0 aromatic carbocycles. The van der Waals surface area contributed by atoms with Crippen molar-refractivity contribution in [1.29, 1.82) is 0 Å². The van der Waals surface area contributed by atoms with Crippen LogP contribution >= 0.6 is 47.8 Å². The van der Waals surface area contributed by atoms with Gasteiger partial charge in [0.1, 0.15) is 4.60 Å². The maximum absolute atomic E-state index is 10.7. The molecular weight excluding hydrogens is 388 g/mol. The average Bonchev–Trinajstić information content (AvgIpc) is 2.09. The minimum absolute atomic E-state index is 0.120. The zero-order valence-corrected chi connectivity index (χ0v) is 11.5. The van der Waals surface area contributed by atoms with Crippen LogP contribution in [0.25, 0.3) is 0 Å². The van der Waals surface area contributed by atoms with Crippen molar-refractivity contribution < 1.29 is 9.66 Å². The number of aromatic nitrogens is 1. The van der Waals surface area contributed by atoms with E-state index in [4.69, 9.17) is 4.74 Å². The molecule has 1 aromatic rings. The van der Waals surface area contributed by atoms with Gasteiger partial charge >= 0.3 is 5.69 Å². The Morgan fingerprint density at radius 3 is 2.36 bits per heavy atom. The highest BCUT2D eigenvalue weighted by Gasteiger charge is 2.25. The fraction of sp³-hybridized carbons (Fsp3) is 0.167. The third-order valence-electron chi connectivity index (χ3n) is 1.37. The standard InChI is InChI=1S/C6H3Br3N2O3/c1-14-4-2(7)5(8)10-6(9)3(4)11(12)13/h1H3. The molecule has 0 N–H and O–H groups in total. The van der Waals surface area contributed by atoms with E-state index in [9.17, 15) is 10.1 Å². The summed E-state index contributed by atoms with van der Waals surface area (Å²) in [5.41, 5.74) is -0.206. The molecule has 0 saturated carbocycles. The molecule has 0 saturated heterocycles. The van der Waals surface area contributed by atoms with Gasteiger partial charge in [-0.1, -0.05) is 0 Å². The summed E-state index contributed by atoms with van der Waals surface area (Å²) in [4.78, 5) is 14.0. The Morgan fingerprint density at radius 1 is 1.36 bits per heavy atom. The second-order valence-corrected chi connectivity index (χ2v) is 4.44. The maximum atomic E-state index is 10.7. The van der Waals surface area contributed by atoms with Crippen molar-refractivity contribution in [2.75, 3.05) is 7.11 Å². The van der Waals surface area contributed by atoms with Crippen LogP contribution in [0.1, 0.15) is 0 Å². The van der Waals surface area contributed by atoms with Crippen LogP contribution in [-0.4, -0.2) is 17.0 Å². The third kappa shape index (κ3) is 2.06. The summed E-state index contributed by atoms with van der Waals surface area (Å²) < 4.78 is 5.88. The molecule has 0 unspecified atom stereocenters.